The summed E-state index contributed by atoms with van der Waals surface area (Å²) in [7, 11) is 1.70. The van der Waals surface area contributed by atoms with Crippen LogP contribution in [0.4, 0.5) is 0 Å². The highest BCUT2D eigenvalue weighted by Gasteiger charge is 2.33. The number of likely N-dealkylation sites (tertiary alicyclic amines) is 3. The highest BCUT2D eigenvalue weighted by Crippen LogP contribution is 2.26. The number of methoxy groups -OCH3 is 1. The average molecular weight is 394 g/mol. The first-order valence-electron chi connectivity index (χ1n) is 11.2. The van der Waals surface area contributed by atoms with Gasteiger partial charge in [0.1, 0.15) is 0 Å². The molecule has 3 rings (SSSR count). The van der Waals surface area contributed by atoms with Crippen molar-refractivity contribution in [2.45, 2.75) is 58.4 Å². The van der Waals surface area contributed by atoms with Gasteiger partial charge in [-0.1, -0.05) is 0 Å². The normalized spacial score (nSPS) is 25.9. The largest absolute Gasteiger partial charge is 0.384 e. The van der Waals surface area contributed by atoms with E-state index < -0.39 is 0 Å². The van der Waals surface area contributed by atoms with Crippen LogP contribution < -0.4 is 0 Å². The van der Waals surface area contributed by atoms with Gasteiger partial charge in [-0.25, -0.2) is 0 Å². The number of hydrogen-bond donors (Lipinski definition) is 0. The third kappa shape index (κ3) is 5.69. The van der Waals surface area contributed by atoms with Crippen molar-refractivity contribution in [3.63, 3.8) is 0 Å². The molecule has 28 heavy (non-hydrogen) atoms. The maximum absolute atomic E-state index is 12.7. The van der Waals surface area contributed by atoms with E-state index >= 15 is 0 Å². The zero-order valence-electron chi connectivity index (χ0n) is 18.1. The first kappa shape index (κ1) is 21.6. The van der Waals surface area contributed by atoms with Gasteiger partial charge >= 0.3 is 0 Å². The molecule has 3 aliphatic rings. The molecule has 0 spiro atoms. The van der Waals surface area contributed by atoms with Gasteiger partial charge in [-0.15, -0.1) is 0 Å². The van der Waals surface area contributed by atoms with E-state index in [4.69, 9.17) is 4.74 Å². The van der Waals surface area contributed by atoms with E-state index in [-0.39, 0.29) is 5.91 Å². The molecular weight excluding hydrogens is 354 g/mol. The van der Waals surface area contributed by atoms with Gasteiger partial charge in [0.2, 0.25) is 11.8 Å². The lowest BCUT2D eigenvalue weighted by Crippen LogP contribution is -2.43. The van der Waals surface area contributed by atoms with Crippen molar-refractivity contribution < 1.29 is 14.3 Å². The van der Waals surface area contributed by atoms with Crippen molar-refractivity contribution in [3.05, 3.63) is 0 Å². The predicted octanol–water partition coefficient (Wildman–Crippen LogP) is 2.23. The molecule has 3 fully saturated rings. The fourth-order valence-corrected chi connectivity index (χ4v) is 5.10. The number of amides is 2. The van der Waals surface area contributed by atoms with E-state index in [0.29, 0.717) is 42.7 Å². The van der Waals surface area contributed by atoms with Crippen molar-refractivity contribution in [2.75, 3.05) is 53.0 Å². The summed E-state index contributed by atoms with van der Waals surface area (Å²) in [6.45, 7) is 10.8. The van der Waals surface area contributed by atoms with Crippen LogP contribution >= 0.6 is 0 Å². The Kier molecular flexibility index (Phi) is 7.75. The Labute approximate surface area is 170 Å². The Morgan fingerprint density at radius 3 is 2.29 bits per heavy atom. The summed E-state index contributed by atoms with van der Waals surface area (Å²) < 4.78 is 5.21. The first-order valence-corrected chi connectivity index (χ1v) is 11.2. The molecule has 6 heteroatoms. The smallest absolute Gasteiger partial charge is 0.223 e. The van der Waals surface area contributed by atoms with Crippen molar-refractivity contribution >= 4 is 11.8 Å². The maximum Gasteiger partial charge on any atom is 0.223 e. The van der Waals surface area contributed by atoms with Crippen LogP contribution in [0.15, 0.2) is 0 Å². The molecule has 0 aromatic rings. The van der Waals surface area contributed by atoms with Gasteiger partial charge in [-0.05, 0) is 64.5 Å². The second-order valence-corrected chi connectivity index (χ2v) is 9.43. The number of ether oxygens (including phenoxy) is 1. The zero-order chi connectivity index (χ0) is 20.1. The molecule has 0 bridgehead atoms. The number of nitrogens with zero attached hydrogens (tertiary/aromatic N) is 3. The van der Waals surface area contributed by atoms with E-state index in [1.807, 2.05) is 4.90 Å². The summed E-state index contributed by atoms with van der Waals surface area (Å²) in [6, 6.07) is 0.614. The average Bonchev–Trinajstić information content (AvgIpc) is 3.02. The third-order valence-electron chi connectivity index (χ3n) is 6.99. The molecule has 0 N–H and O–H groups in total. The Morgan fingerprint density at radius 2 is 1.68 bits per heavy atom. The number of hydrogen-bond acceptors (Lipinski definition) is 4. The van der Waals surface area contributed by atoms with Crippen LogP contribution in [0.5, 0.6) is 0 Å². The molecular formula is C22H39N3O3. The molecule has 1 unspecified atom stereocenters. The quantitative estimate of drug-likeness (QED) is 0.666. The van der Waals surface area contributed by atoms with Crippen molar-refractivity contribution in [1.82, 2.24) is 14.7 Å². The summed E-state index contributed by atoms with van der Waals surface area (Å²) in [5.41, 5.74) is 0. The minimum Gasteiger partial charge on any atom is -0.384 e. The standard InChI is InChI=1S/C22H39N3O3/c1-17(2)23-8-4-18(5-9-23)12-21(26)24-10-6-19(7-11-24)14-25-15-20(16-28-3)13-22(25)27/h17-20H,4-16H2,1-3H3. The topological polar surface area (TPSA) is 53.1 Å². The molecule has 3 aliphatic heterocycles. The molecule has 6 nitrogen and oxygen atoms in total. The van der Waals surface area contributed by atoms with Crippen LogP contribution in [0.2, 0.25) is 0 Å². The van der Waals surface area contributed by atoms with Gasteiger partial charge in [-0.2, -0.15) is 0 Å². The molecule has 160 valence electrons. The minimum atomic E-state index is 0.272. The van der Waals surface area contributed by atoms with Crippen molar-refractivity contribution in [1.29, 1.82) is 0 Å². The van der Waals surface area contributed by atoms with E-state index in [1.165, 1.54) is 0 Å². The lowest BCUT2D eigenvalue weighted by atomic mass is 9.91. The molecule has 0 aromatic carbocycles. The first-order chi connectivity index (χ1) is 13.5. The van der Waals surface area contributed by atoms with Crippen LogP contribution in [0.25, 0.3) is 0 Å². The fourth-order valence-electron chi connectivity index (χ4n) is 5.10. The van der Waals surface area contributed by atoms with Crippen LogP contribution in [0, 0.1) is 17.8 Å². The third-order valence-corrected chi connectivity index (χ3v) is 6.99. The molecule has 3 heterocycles. The number of carbonyl (C=O) groups excluding carboxylic acids is 2. The Balaban J connectivity index is 1.36. The number of carbonyl (C=O) groups is 2. The van der Waals surface area contributed by atoms with E-state index in [9.17, 15) is 9.59 Å². The van der Waals surface area contributed by atoms with Crippen LogP contribution in [0.3, 0.4) is 0 Å². The molecule has 0 aromatic heterocycles. The van der Waals surface area contributed by atoms with Gasteiger partial charge in [-0.3, -0.25) is 9.59 Å². The van der Waals surface area contributed by atoms with Crippen LogP contribution in [0.1, 0.15) is 52.4 Å². The number of rotatable bonds is 7. The van der Waals surface area contributed by atoms with E-state index in [1.54, 1.807) is 7.11 Å². The summed E-state index contributed by atoms with van der Waals surface area (Å²) in [5.74, 6) is 2.05. The van der Waals surface area contributed by atoms with E-state index in [0.717, 1.165) is 71.4 Å². The summed E-state index contributed by atoms with van der Waals surface area (Å²) >= 11 is 0. The minimum absolute atomic E-state index is 0.272. The predicted molar refractivity (Wildman–Crippen MR) is 110 cm³/mol. The van der Waals surface area contributed by atoms with Gasteiger partial charge in [0, 0.05) is 58.1 Å². The SMILES string of the molecule is COCC1CC(=O)N(CC2CCN(C(=O)CC3CCN(C(C)C)CC3)CC2)C1. The second kappa shape index (κ2) is 10.1. The molecule has 0 aliphatic carbocycles. The summed E-state index contributed by atoms with van der Waals surface area (Å²) in [4.78, 5) is 31.5. The highest BCUT2D eigenvalue weighted by atomic mass is 16.5. The lowest BCUT2D eigenvalue weighted by Gasteiger charge is -2.37. The summed E-state index contributed by atoms with van der Waals surface area (Å²) in [5, 5.41) is 0. The fraction of sp³-hybridized carbons (Fsp3) is 0.909. The molecule has 3 saturated heterocycles. The number of piperidine rings is 2. The Hall–Kier alpha value is -1.14. The van der Waals surface area contributed by atoms with Gasteiger partial charge in [0.25, 0.3) is 0 Å². The lowest BCUT2D eigenvalue weighted by molar-refractivity contribution is -0.135. The molecule has 0 radical (unpaired) electrons. The Bertz CT molecular complexity index is 523. The van der Waals surface area contributed by atoms with Gasteiger partial charge in [0.05, 0.1) is 6.61 Å². The highest BCUT2D eigenvalue weighted by molar-refractivity contribution is 5.78. The van der Waals surface area contributed by atoms with Gasteiger partial charge in [0.15, 0.2) is 0 Å². The molecule has 0 saturated carbocycles. The Morgan fingerprint density at radius 1 is 1.04 bits per heavy atom. The summed E-state index contributed by atoms with van der Waals surface area (Å²) in [6.07, 6.45) is 5.70. The second-order valence-electron chi connectivity index (χ2n) is 9.43. The maximum atomic E-state index is 12.7. The molecule has 1 atom stereocenters. The van der Waals surface area contributed by atoms with Crippen molar-refractivity contribution in [2.24, 2.45) is 17.8 Å². The van der Waals surface area contributed by atoms with Gasteiger partial charge < -0.3 is 19.4 Å². The van der Waals surface area contributed by atoms with Crippen LogP contribution in [-0.4, -0.2) is 85.5 Å². The monoisotopic (exact) mass is 393 g/mol. The van der Waals surface area contributed by atoms with Crippen molar-refractivity contribution in [3.8, 4) is 0 Å². The van der Waals surface area contributed by atoms with Crippen LogP contribution in [-0.2, 0) is 14.3 Å². The zero-order valence-corrected chi connectivity index (χ0v) is 18.1. The molecule has 2 amide bonds. The van der Waals surface area contributed by atoms with E-state index in [2.05, 4.69) is 23.6 Å².